The molecule has 3 aromatic rings. The highest BCUT2D eigenvalue weighted by molar-refractivity contribution is 5.93. The Bertz CT molecular complexity index is 848. The van der Waals surface area contributed by atoms with Crippen molar-refractivity contribution in [1.29, 1.82) is 0 Å². The number of oxazole rings is 1. The van der Waals surface area contributed by atoms with E-state index in [1.807, 2.05) is 23.0 Å². The third-order valence-corrected chi connectivity index (χ3v) is 4.58. The number of anilines is 1. The summed E-state index contributed by atoms with van der Waals surface area (Å²) in [5.41, 5.74) is 2.16. The smallest absolute Gasteiger partial charge is 0.228 e. The van der Waals surface area contributed by atoms with Crippen molar-refractivity contribution < 1.29 is 14.3 Å². The minimum atomic E-state index is -0.189. The van der Waals surface area contributed by atoms with E-state index in [0.29, 0.717) is 29.6 Å². The zero-order chi connectivity index (χ0) is 16.5. The van der Waals surface area contributed by atoms with Crippen LogP contribution in [0.15, 0.2) is 35.2 Å². The molecule has 4 rings (SSSR count). The fourth-order valence-corrected chi connectivity index (χ4v) is 3.32. The van der Waals surface area contributed by atoms with Gasteiger partial charge in [0.15, 0.2) is 0 Å². The molecular formula is C17H18N4O3. The van der Waals surface area contributed by atoms with Crippen LogP contribution in [0.2, 0.25) is 0 Å². The summed E-state index contributed by atoms with van der Waals surface area (Å²) in [4.78, 5) is 15.1. The van der Waals surface area contributed by atoms with E-state index in [2.05, 4.69) is 15.4 Å². The normalized spacial score (nSPS) is 21.0. The summed E-state index contributed by atoms with van der Waals surface area (Å²) in [6.45, 7) is 0. The van der Waals surface area contributed by atoms with E-state index >= 15 is 0 Å². The lowest BCUT2D eigenvalue weighted by Gasteiger charge is -2.25. The van der Waals surface area contributed by atoms with Gasteiger partial charge in [0.1, 0.15) is 6.26 Å². The highest BCUT2D eigenvalue weighted by atomic mass is 16.3. The topological polar surface area (TPSA) is 93.2 Å². The lowest BCUT2D eigenvalue weighted by Crippen LogP contribution is -2.21. The SMILES string of the molecule is O=CNc1cc2cn(C3CCC(O)CC3)nc2cc1-c1ncco1. The Morgan fingerprint density at radius 2 is 2.12 bits per heavy atom. The van der Waals surface area contributed by atoms with Crippen LogP contribution in [0.25, 0.3) is 22.4 Å². The van der Waals surface area contributed by atoms with Crippen molar-refractivity contribution >= 4 is 23.0 Å². The van der Waals surface area contributed by atoms with E-state index in [1.54, 1.807) is 6.20 Å². The molecule has 1 aromatic carbocycles. The quantitative estimate of drug-likeness (QED) is 0.719. The molecule has 1 amide bonds. The van der Waals surface area contributed by atoms with Crippen LogP contribution in [-0.4, -0.2) is 32.4 Å². The summed E-state index contributed by atoms with van der Waals surface area (Å²) in [7, 11) is 0. The van der Waals surface area contributed by atoms with E-state index in [4.69, 9.17) is 4.42 Å². The van der Waals surface area contributed by atoms with Gasteiger partial charge in [-0.2, -0.15) is 5.10 Å². The number of fused-ring (bicyclic) bond motifs is 1. The second-order valence-electron chi connectivity index (χ2n) is 6.13. The molecule has 0 atom stereocenters. The monoisotopic (exact) mass is 326 g/mol. The van der Waals surface area contributed by atoms with Crippen molar-refractivity contribution in [3.63, 3.8) is 0 Å². The van der Waals surface area contributed by atoms with Crippen LogP contribution in [0.1, 0.15) is 31.7 Å². The molecule has 7 heteroatoms. The summed E-state index contributed by atoms with van der Waals surface area (Å²) in [5, 5.41) is 18.0. The van der Waals surface area contributed by atoms with Gasteiger partial charge in [-0.3, -0.25) is 9.48 Å². The fraction of sp³-hybridized carbons (Fsp3) is 0.353. The van der Waals surface area contributed by atoms with Gasteiger partial charge in [0, 0.05) is 11.6 Å². The molecule has 1 fully saturated rings. The first-order chi connectivity index (χ1) is 11.7. The second kappa shape index (κ2) is 6.09. The molecule has 0 spiro atoms. The molecule has 2 aromatic heterocycles. The number of aliphatic hydroxyl groups excluding tert-OH is 1. The van der Waals surface area contributed by atoms with Crippen molar-refractivity contribution in [2.24, 2.45) is 0 Å². The van der Waals surface area contributed by atoms with Gasteiger partial charge in [-0.25, -0.2) is 4.98 Å². The minimum absolute atomic E-state index is 0.189. The third kappa shape index (κ3) is 2.67. The van der Waals surface area contributed by atoms with Gasteiger partial charge >= 0.3 is 0 Å². The predicted octanol–water partition coefficient (Wildman–Crippen LogP) is 2.74. The van der Waals surface area contributed by atoms with Gasteiger partial charge in [-0.15, -0.1) is 0 Å². The van der Waals surface area contributed by atoms with Crippen LogP contribution in [0.4, 0.5) is 5.69 Å². The van der Waals surface area contributed by atoms with E-state index < -0.39 is 0 Å². The van der Waals surface area contributed by atoms with Crippen molar-refractivity contribution in [3.8, 4) is 11.5 Å². The molecular weight excluding hydrogens is 308 g/mol. The zero-order valence-electron chi connectivity index (χ0n) is 13.1. The second-order valence-corrected chi connectivity index (χ2v) is 6.13. The summed E-state index contributed by atoms with van der Waals surface area (Å²) < 4.78 is 7.33. The van der Waals surface area contributed by atoms with Gasteiger partial charge in [-0.05, 0) is 37.8 Å². The average Bonchev–Trinajstić information content (AvgIpc) is 3.24. The molecule has 1 saturated carbocycles. The molecule has 124 valence electrons. The number of amides is 1. The molecule has 0 saturated heterocycles. The summed E-state index contributed by atoms with van der Waals surface area (Å²) in [6, 6.07) is 4.06. The number of carbonyl (C=O) groups excluding carboxylic acids is 1. The number of rotatable bonds is 4. The number of nitrogens with zero attached hydrogens (tertiary/aromatic N) is 3. The van der Waals surface area contributed by atoms with Gasteiger partial charge in [0.25, 0.3) is 0 Å². The van der Waals surface area contributed by atoms with Crippen molar-refractivity contribution in [1.82, 2.24) is 14.8 Å². The minimum Gasteiger partial charge on any atom is -0.444 e. The van der Waals surface area contributed by atoms with Gasteiger partial charge < -0.3 is 14.8 Å². The first kappa shape index (κ1) is 14.9. The Balaban J connectivity index is 1.75. The van der Waals surface area contributed by atoms with Crippen LogP contribution >= 0.6 is 0 Å². The Morgan fingerprint density at radius 3 is 2.83 bits per heavy atom. The van der Waals surface area contributed by atoms with Crippen LogP contribution < -0.4 is 5.32 Å². The fourth-order valence-electron chi connectivity index (χ4n) is 3.32. The Morgan fingerprint density at radius 1 is 1.29 bits per heavy atom. The molecule has 2 heterocycles. The third-order valence-electron chi connectivity index (χ3n) is 4.58. The van der Waals surface area contributed by atoms with Gasteiger partial charge in [0.05, 0.1) is 35.1 Å². The largest absolute Gasteiger partial charge is 0.444 e. The maximum absolute atomic E-state index is 10.9. The van der Waals surface area contributed by atoms with Crippen molar-refractivity contribution in [2.45, 2.75) is 37.8 Å². The highest BCUT2D eigenvalue weighted by Crippen LogP contribution is 2.33. The predicted molar refractivity (Wildman–Crippen MR) is 88.4 cm³/mol. The highest BCUT2D eigenvalue weighted by Gasteiger charge is 2.22. The van der Waals surface area contributed by atoms with Crippen LogP contribution in [0.3, 0.4) is 0 Å². The summed E-state index contributed by atoms with van der Waals surface area (Å²) in [6.07, 6.45) is 8.95. The van der Waals surface area contributed by atoms with Gasteiger partial charge in [-0.1, -0.05) is 0 Å². The van der Waals surface area contributed by atoms with E-state index in [0.717, 1.165) is 36.6 Å². The number of hydrogen-bond donors (Lipinski definition) is 2. The molecule has 1 aliphatic rings. The number of hydrogen-bond acceptors (Lipinski definition) is 5. The molecule has 0 bridgehead atoms. The number of benzene rings is 1. The summed E-state index contributed by atoms with van der Waals surface area (Å²) in [5.74, 6) is 0.441. The Labute approximate surface area is 138 Å². The molecule has 0 unspecified atom stereocenters. The van der Waals surface area contributed by atoms with Crippen molar-refractivity contribution in [2.75, 3.05) is 5.32 Å². The maximum atomic E-state index is 10.9. The first-order valence-electron chi connectivity index (χ1n) is 8.05. The molecule has 1 aliphatic carbocycles. The molecule has 2 N–H and O–H groups in total. The molecule has 0 radical (unpaired) electrons. The standard InChI is InChI=1S/C17H18N4O3/c22-10-19-16-7-11-9-21(12-1-3-13(23)4-2-12)20-15(11)8-14(16)17-18-5-6-24-17/h5-10,12-13,23H,1-4H2,(H,19,22). The number of carbonyl (C=O) groups is 1. The van der Waals surface area contributed by atoms with E-state index in [1.165, 1.54) is 6.26 Å². The Kier molecular flexibility index (Phi) is 3.78. The lowest BCUT2D eigenvalue weighted by atomic mass is 9.93. The molecule has 0 aliphatic heterocycles. The van der Waals surface area contributed by atoms with Crippen molar-refractivity contribution in [3.05, 3.63) is 30.8 Å². The average molecular weight is 326 g/mol. The van der Waals surface area contributed by atoms with Crippen LogP contribution in [0, 0.1) is 0 Å². The zero-order valence-corrected chi connectivity index (χ0v) is 13.1. The first-order valence-corrected chi connectivity index (χ1v) is 8.05. The van der Waals surface area contributed by atoms with E-state index in [-0.39, 0.29) is 6.10 Å². The number of aliphatic hydroxyl groups is 1. The molecule has 7 nitrogen and oxygen atoms in total. The maximum Gasteiger partial charge on any atom is 0.228 e. The Hall–Kier alpha value is -2.67. The van der Waals surface area contributed by atoms with E-state index in [9.17, 15) is 9.90 Å². The van der Waals surface area contributed by atoms with Gasteiger partial charge in [0.2, 0.25) is 12.3 Å². The number of nitrogens with one attached hydrogen (secondary N) is 1. The summed E-state index contributed by atoms with van der Waals surface area (Å²) >= 11 is 0. The molecule has 24 heavy (non-hydrogen) atoms. The lowest BCUT2D eigenvalue weighted by molar-refractivity contribution is -0.105. The van der Waals surface area contributed by atoms with Crippen LogP contribution in [-0.2, 0) is 4.79 Å². The van der Waals surface area contributed by atoms with Crippen LogP contribution in [0.5, 0.6) is 0 Å². The number of aromatic nitrogens is 3.